The molecule has 0 saturated carbocycles. The van der Waals surface area contributed by atoms with E-state index < -0.39 is 17.2 Å². The lowest BCUT2D eigenvalue weighted by atomic mass is 9.67. The third-order valence-corrected chi connectivity index (χ3v) is 8.26. The van der Waals surface area contributed by atoms with Crippen molar-refractivity contribution in [2.45, 2.75) is 32.1 Å². The van der Waals surface area contributed by atoms with Crippen molar-refractivity contribution >= 4 is 34.6 Å². The first-order valence-electron chi connectivity index (χ1n) is 12.6. The second kappa shape index (κ2) is 9.13. The minimum absolute atomic E-state index is 0.158. The maximum atomic E-state index is 14.3. The molecule has 1 saturated heterocycles. The minimum Gasteiger partial charge on any atom is -0.364 e. The number of carbonyl (C=O) groups excluding carboxylic acids is 1. The zero-order chi connectivity index (χ0) is 26.7. The third kappa shape index (κ3) is 4.07. The number of fused-ring (bicyclic) bond motifs is 4. The number of alkyl halides is 3. The number of nitrogens with zero attached hydrogens (tertiary/aromatic N) is 4. The molecule has 2 atom stereocenters. The van der Waals surface area contributed by atoms with Gasteiger partial charge < -0.3 is 4.90 Å². The summed E-state index contributed by atoms with van der Waals surface area (Å²) in [5.74, 6) is -0.225. The Morgan fingerprint density at radius 3 is 2.47 bits per heavy atom. The lowest BCUT2D eigenvalue weighted by Gasteiger charge is -2.53. The number of benzene rings is 3. The van der Waals surface area contributed by atoms with Crippen molar-refractivity contribution < 1.29 is 18.0 Å². The van der Waals surface area contributed by atoms with Crippen molar-refractivity contribution in [2.75, 3.05) is 29.5 Å². The molecule has 0 radical (unpaired) electrons. The average Bonchev–Trinajstić information content (AvgIpc) is 3.14. The Balaban J connectivity index is 1.43. The van der Waals surface area contributed by atoms with Gasteiger partial charge in [-0.15, -0.1) is 0 Å². The normalized spacial score (nSPS) is 23.4. The van der Waals surface area contributed by atoms with Gasteiger partial charge in [0.25, 0.3) is 5.91 Å². The third-order valence-electron chi connectivity index (χ3n) is 8.01. The van der Waals surface area contributed by atoms with Gasteiger partial charge in [0.1, 0.15) is 5.41 Å². The summed E-state index contributed by atoms with van der Waals surface area (Å²) in [5, 5.41) is 6.61. The van der Waals surface area contributed by atoms with Crippen molar-refractivity contribution in [1.82, 2.24) is 4.90 Å². The van der Waals surface area contributed by atoms with Crippen LogP contribution in [0.25, 0.3) is 0 Å². The van der Waals surface area contributed by atoms with Crippen LogP contribution in [0.15, 0.2) is 77.9 Å². The lowest BCUT2D eigenvalue weighted by molar-refractivity contribution is -0.137. The van der Waals surface area contributed by atoms with E-state index in [-0.39, 0.29) is 18.4 Å². The summed E-state index contributed by atoms with van der Waals surface area (Å²) in [4.78, 5) is 18.7. The summed E-state index contributed by atoms with van der Waals surface area (Å²) < 4.78 is 41.0. The lowest BCUT2D eigenvalue weighted by Crippen LogP contribution is -2.66. The molecule has 0 unspecified atom stereocenters. The monoisotopic (exact) mass is 538 g/mol. The van der Waals surface area contributed by atoms with E-state index in [0.717, 1.165) is 24.8 Å². The fraction of sp³-hybridized carbons (Fsp3) is 0.310. The maximum Gasteiger partial charge on any atom is 0.416 e. The SMILES string of the molecule is CC1=NN(c2ccc(Cl)cc2)C(=O)[C@@]12Cc1cc(C(F)(F)F)ccc1N1CCN(Cc3ccccc3)C[C@@H]12. The number of hydrazone groups is 1. The number of amides is 1. The highest BCUT2D eigenvalue weighted by Crippen LogP contribution is 2.49. The first-order chi connectivity index (χ1) is 18.2. The minimum atomic E-state index is -4.47. The smallest absolute Gasteiger partial charge is 0.364 e. The van der Waals surface area contributed by atoms with Crippen molar-refractivity contribution in [2.24, 2.45) is 10.5 Å². The van der Waals surface area contributed by atoms with E-state index in [2.05, 4.69) is 27.0 Å². The van der Waals surface area contributed by atoms with E-state index in [1.165, 1.54) is 16.6 Å². The van der Waals surface area contributed by atoms with Crippen LogP contribution in [0.1, 0.15) is 23.6 Å². The first-order valence-corrected chi connectivity index (χ1v) is 12.9. The van der Waals surface area contributed by atoms with E-state index in [9.17, 15) is 18.0 Å². The van der Waals surface area contributed by atoms with Crippen LogP contribution in [0.5, 0.6) is 0 Å². The van der Waals surface area contributed by atoms with Crippen LogP contribution < -0.4 is 9.91 Å². The van der Waals surface area contributed by atoms with Gasteiger partial charge in [-0.2, -0.15) is 23.3 Å². The summed E-state index contributed by atoms with van der Waals surface area (Å²) in [7, 11) is 0. The van der Waals surface area contributed by atoms with E-state index in [4.69, 9.17) is 11.6 Å². The molecule has 3 aliphatic heterocycles. The summed E-state index contributed by atoms with van der Waals surface area (Å²) in [6, 6.07) is 20.6. The summed E-state index contributed by atoms with van der Waals surface area (Å²) in [6.45, 7) is 4.46. The standard InChI is InChI=1S/C29H26ClF3N4O/c1-19-28(27(38)37(34-19)24-10-8-23(30)9-11-24)16-21-15-22(29(31,32)33)7-12-25(21)36-14-13-35(18-26(28)36)17-20-5-3-2-4-6-20/h2-12,15,26H,13-14,16-18H2,1H3/t26-,28+/m1/s1. The molecule has 0 N–H and O–H groups in total. The number of anilines is 2. The van der Waals surface area contributed by atoms with Crippen molar-refractivity contribution in [3.05, 3.63) is 94.5 Å². The summed E-state index contributed by atoms with van der Waals surface area (Å²) in [6.07, 6.45) is -4.31. The Morgan fingerprint density at radius 1 is 1.03 bits per heavy atom. The molecule has 6 rings (SSSR count). The number of hydrogen-bond acceptors (Lipinski definition) is 4. The highest BCUT2D eigenvalue weighted by Gasteiger charge is 2.60. The highest BCUT2D eigenvalue weighted by atomic mass is 35.5. The Bertz CT molecular complexity index is 1410. The Kier molecular flexibility index (Phi) is 6.00. The van der Waals surface area contributed by atoms with Gasteiger partial charge in [-0.1, -0.05) is 41.9 Å². The maximum absolute atomic E-state index is 14.3. The number of hydrogen-bond donors (Lipinski definition) is 0. The van der Waals surface area contributed by atoms with Crippen LogP contribution in [0.3, 0.4) is 0 Å². The number of piperazine rings is 1. The van der Waals surface area contributed by atoms with Gasteiger partial charge in [0, 0.05) is 36.9 Å². The van der Waals surface area contributed by atoms with E-state index >= 15 is 0 Å². The Morgan fingerprint density at radius 2 is 1.76 bits per heavy atom. The molecular weight excluding hydrogens is 513 g/mol. The molecule has 0 aliphatic carbocycles. The number of carbonyl (C=O) groups is 1. The van der Waals surface area contributed by atoms with Crippen molar-refractivity contribution in [3.8, 4) is 0 Å². The molecule has 3 aromatic rings. The van der Waals surface area contributed by atoms with Gasteiger partial charge in [0.15, 0.2) is 0 Å². The second-order valence-electron chi connectivity index (χ2n) is 10.2. The van der Waals surface area contributed by atoms with Crippen LogP contribution in [-0.2, 0) is 23.9 Å². The van der Waals surface area contributed by atoms with Crippen LogP contribution in [-0.4, -0.2) is 42.2 Å². The van der Waals surface area contributed by atoms with Gasteiger partial charge >= 0.3 is 6.18 Å². The molecular formula is C29H26ClF3N4O. The highest BCUT2D eigenvalue weighted by molar-refractivity contribution is 6.30. The second-order valence-corrected chi connectivity index (χ2v) is 10.6. The van der Waals surface area contributed by atoms with Crippen molar-refractivity contribution in [3.63, 3.8) is 0 Å². The largest absolute Gasteiger partial charge is 0.416 e. The van der Waals surface area contributed by atoms with Gasteiger partial charge in [0.2, 0.25) is 0 Å². The zero-order valence-corrected chi connectivity index (χ0v) is 21.5. The van der Waals surface area contributed by atoms with Gasteiger partial charge in [0.05, 0.1) is 23.0 Å². The van der Waals surface area contributed by atoms with E-state index in [1.54, 1.807) is 30.3 Å². The van der Waals surface area contributed by atoms with Gasteiger partial charge in [-0.3, -0.25) is 9.69 Å². The van der Waals surface area contributed by atoms with Gasteiger partial charge in [-0.25, -0.2) is 0 Å². The van der Waals surface area contributed by atoms with Crippen LogP contribution in [0.2, 0.25) is 5.02 Å². The zero-order valence-electron chi connectivity index (χ0n) is 20.8. The molecule has 0 bridgehead atoms. The fourth-order valence-corrected chi connectivity index (χ4v) is 6.24. The van der Waals surface area contributed by atoms with Crippen LogP contribution in [0.4, 0.5) is 24.5 Å². The number of rotatable bonds is 3. The molecule has 0 aromatic heterocycles. The van der Waals surface area contributed by atoms with Crippen LogP contribution in [0, 0.1) is 5.41 Å². The summed E-state index contributed by atoms with van der Waals surface area (Å²) >= 11 is 6.06. The average molecular weight is 539 g/mol. The summed E-state index contributed by atoms with van der Waals surface area (Å²) in [5.41, 5.74) is 1.85. The quantitative estimate of drug-likeness (QED) is 0.410. The molecule has 1 fully saturated rings. The molecule has 3 heterocycles. The molecule has 5 nitrogen and oxygen atoms in total. The molecule has 38 heavy (non-hydrogen) atoms. The predicted octanol–water partition coefficient (Wildman–Crippen LogP) is 6.01. The molecule has 1 spiro atoms. The molecule has 3 aromatic carbocycles. The molecule has 196 valence electrons. The van der Waals surface area contributed by atoms with E-state index in [1.807, 2.05) is 25.1 Å². The Labute approximate surface area is 224 Å². The Hall–Kier alpha value is -3.36. The van der Waals surface area contributed by atoms with Gasteiger partial charge in [-0.05, 0) is 66.9 Å². The molecule has 1 amide bonds. The topological polar surface area (TPSA) is 39.2 Å². The van der Waals surface area contributed by atoms with Crippen LogP contribution >= 0.6 is 11.6 Å². The molecule has 9 heteroatoms. The van der Waals surface area contributed by atoms with E-state index in [0.29, 0.717) is 35.1 Å². The van der Waals surface area contributed by atoms with Crippen molar-refractivity contribution in [1.29, 1.82) is 0 Å². The number of halogens is 4. The molecule has 3 aliphatic rings. The fourth-order valence-electron chi connectivity index (χ4n) is 6.11. The first kappa shape index (κ1) is 24.9. The predicted molar refractivity (Wildman–Crippen MR) is 142 cm³/mol.